The van der Waals surface area contributed by atoms with Crippen LogP contribution in [0.2, 0.25) is 0 Å². The molecular formula is C21H25N3O4S. The van der Waals surface area contributed by atoms with Crippen LogP contribution in [0.3, 0.4) is 0 Å². The maximum atomic E-state index is 12.6. The van der Waals surface area contributed by atoms with Gasteiger partial charge in [-0.3, -0.25) is 14.5 Å². The van der Waals surface area contributed by atoms with Gasteiger partial charge in [0, 0.05) is 31.7 Å². The number of benzene rings is 2. The molecule has 0 radical (unpaired) electrons. The number of nitrogens with one attached hydrogen (secondary N) is 1. The van der Waals surface area contributed by atoms with Crippen molar-refractivity contribution in [1.29, 1.82) is 0 Å². The summed E-state index contributed by atoms with van der Waals surface area (Å²) in [5.74, 6) is -0.353. The summed E-state index contributed by atoms with van der Waals surface area (Å²) in [6, 6.07) is 16.0. The zero-order valence-corrected chi connectivity index (χ0v) is 17.2. The van der Waals surface area contributed by atoms with Crippen LogP contribution in [0.1, 0.15) is 22.8 Å². The lowest BCUT2D eigenvalue weighted by Gasteiger charge is -2.33. The van der Waals surface area contributed by atoms with E-state index < -0.39 is 10.0 Å². The first-order valence-corrected chi connectivity index (χ1v) is 11.1. The van der Waals surface area contributed by atoms with E-state index in [9.17, 15) is 18.0 Å². The van der Waals surface area contributed by atoms with Crippen LogP contribution in [0.15, 0.2) is 54.6 Å². The average Bonchev–Trinajstić information content (AvgIpc) is 2.69. The molecule has 0 spiro atoms. The minimum atomic E-state index is -3.38. The van der Waals surface area contributed by atoms with Crippen molar-refractivity contribution < 1.29 is 18.0 Å². The van der Waals surface area contributed by atoms with Gasteiger partial charge in [-0.15, -0.1) is 0 Å². The van der Waals surface area contributed by atoms with E-state index in [1.54, 1.807) is 36.4 Å². The Morgan fingerprint density at radius 2 is 1.55 bits per heavy atom. The van der Waals surface area contributed by atoms with E-state index in [1.807, 2.05) is 23.1 Å². The number of nitrogens with zero attached hydrogens (tertiary/aromatic N) is 2. The van der Waals surface area contributed by atoms with Crippen molar-refractivity contribution >= 4 is 27.4 Å². The highest BCUT2D eigenvalue weighted by molar-refractivity contribution is 7.88. The molecule has 1 N–H and O–H groups in total. The van der Waals surface area contributed by atoms with Crippen molar-refractivity contribution in [3.05, 3.63) is 65.7 Å². The van der Waals surface area contributed by atoms with Gasteiger partial charge in [0.25, 0.3) is 0 Å². The first-order chi connectivity index (χ1) is 13.8. The Bertz CT molecular complexity index is 968. The van der Waals surface area contributed by atoms with E-state index in [4.69, 9.17) is 0 Å². The van der Waals surface area contributed by atoms with Crippen molar-refractivity contribution in [2.24, 2.45) is 0 Å². The number of para-hydroxylation sites is 1. The molecule has 154 valence electrons. The van der Waals surface area contributed by atoms with Crippen LogP contribution in [0.5, 0.6) is 0 Å². The third kappa shape index (κ3) is 5.72. The molecule has 7 nitrogen and oxygen atoms in total. The molecule has 0 aliphatic carbocycles. The lowest BCUT2D eigenvalue weighted by molar-refractivity contribution is -0.117. The van der Waals surface area contributed by atoms with E-state index >= 15 is 0 Å². The number of anilines is 1. The van der Waals surface area contributed by atoms with Gasteiger partial charge in [0.2, 0.25) is 15.9 Å². The summed E-state index contributed by atoms with van der Waals surface area (Å²) in [6.45, 7) is 3.28. The number of hydrogen-bond acceptors (Lipinski definition) is 5. The monoisotopic (exact) mass is 415 g/mol. The molecule has 0 unspecified atom stereocenters. The Labute approximate surface area is 171 Å². The van der Waals surface area contributed by atoms with E-state index in [0.29, 0.717) is 37.4 Å². The molecule has 1 aliphatic rings. The fraction of sp³-hybridized carbons (Fsp3) is 0.333. The van der Waals surface area contributed by atoms with Gasteiger partial charge in [-0.05, 0) is 24.6 Å². The summed E-state index contributed by atoms with van der Waals surface area (Å²) >= 11 is 0. The minimum absolute atomic E-state index is 0.0177. The number of rotatable bonds is 7. The zero-order valence-electron chi connectivity index (χ0n) is 16.4. The smallest absolute Gasteiger partial charge is 0.238 e. The molecule has 0 atom stereocenters. The van der Waals surface area contributed by atoms with Gasteiger partial charge in [0.05, 0.1) is 18.0 Å². The topological polar surface area (TPSA) is 86.8 Å². The highest BCUT2D eigenvalue weighted by Crippen LogP contribution is 2.16. The normalized spacial score (nSPS) is 15.8. The van der Waals surface area contributed by atoms with Crippen LogP contribution >= 0.6 is 0 Å². The Kier molecular flexibility index (Phi) is 6.79. The minimum Gasteiger partial charge on any atom is -0.324 e. The Balaban J connectivity index is 1.52. The number of carbonyl (C=O) groups is 2. The Morgan fingerprint density at radius 3 is 2.21 bits per heavy atom. The summed E-state index contributed by atoms with van der Waals surface area (Å²) in [5, 5.41) is 2.78. The summed E-state index contributed by atoms with van der Waals surface area (Å²) in [7, 11) is -3.38. The van der Waals surface area contributed by atoms with Crippen molar-refractivity contribution in [2.45, 2.75) is 12.7 Å². The molecule has 0 bridgehead atoms. The third-order valence-electron chi connectivity index (χ3n) is 4.86. The summed E-state index contributed by atoms with van der Waals surface area (Å²) in [6.07, 6.45) is 0. The van der Waals surface area contributed by atoms with Gasteiger partial charge in [0.1, 0.15) is 0 Å². The van der Waals surface area contributed by atoms with Gasteiger partial charge >= 0.3 is 0 Å². The molecule has 1 saturated heterocycles. The fourth-order valence-corrected chi connectivity index (χ4v) is 4.85. The number of Topliss-reactive ketones (excluding diaryl/α,β-unsaturated/α-hetero) is 1. The fourth-order valence-electron chi connectivity index (χ4n) is 3.33. The summed E-state index contributed by atoms with van der Waals surface area (Å²) in [5.41, 5.74) is 1.73. The predicted molar refractivity (Wildman–Crippen MR) is 112 cm³/mol. The van der Waals surface area contributed by atoms with Crippen LogP contribution in [0.4, 0.5) is 5.69 Å². The molecule has 1 heterocycles. The number of carbonyl (C=O) groups excluding carboxylic acids is 2. The second kappa shape index (κ2) is 9.30. The maximum absolute atomic E-state index is 12.6. The standard InChI is InChI=1S/C21H25N3O4S/c1-17(25)19-9-5-6-10-20(19)22-21(26)15-23-11-13-24(14-12-23)29(27,28)16-18-7-3-2-4-8-18/h2-10H,11-16H2,1H3,(H,22,26). The summed E-state index contributed by atoms with van der Waals surface area (Å²) in [4.78, 5) is 26.0. The van der Waals surface area contributed by atoms with Crippen LogP contribution < -0.4 is 5.32 Å². The van der Waals surface area contributed by atoms with E-state index in [0.717, 1.165) is 5.56 Å². The zero-order chi connectivity index (χ0) is 20.9. The SMILES string of the molecule is CC(=O)c1ccccc1NC(=O)CN1CCN(S(=O)(=O)Cc2ccccc2)CC1. The van der Waals surface area contributed by atoms with Crippen molar-refractivity contribution in [2.75, 3.05) is 38.0 Å². The molecule has 2 aromatic carbocycles. The first kappa shape index (κ1) is 21.2. The van der Waals surface area contributed by atoms with E-state index in [-0.39, 0.29) is 24.0 Å². The summed E-state index contributed by atoms with van der Waals surface area (Å²) < 4.78 is 26.7. The Hall–Kier alpha value is -2.55. The number of amides is 1. The molecule has 8 heteroatoms. The molecule has 3 rings (SSSR count). The number of piperazine rings is 1. The largest absolute Gasteiger partial charge is 0.324 e. The van der Waals surface area contributed by atoms with Crippen molar-refractivity contribution in [1.82, 2.24) is 9.21 Å². The molecule has 2 aromatic rings. The van der Waals surface area contributed by atoms with Crippen LogP contribution in [0.25, 0.3) is 0 Å². The lowest BCUT2D eigenvalue weighted by Crippen LogP contribution is -2.50. The van der Waals surface area contributed by atoms with Gasteiger partial charge in [-0.1, -0.05) is 42.5 Å². The van der Waals surface area contributed by atoms with Gasteiger partial charge < -0.3 is 5.32 Å². The van der Waals surface area contributed by atoms with Crippen LogP contribution in [-0.2, 0) is 20.6 Å². The third-order valence-corrected chi connectivity index (χ3v) is 6.71. The molecule has 1 fully saturated rings. The number of hydrogen-bond donors (Lipinski definition) is 1. The maximum Gasteiger partial charge on any atom is 0.238 e. The molecule has 29 heavy (non-hydrogen) atoms. The highest BCUT2D eigenvalue weighted by Gasteiger charge is 2.27. The van der Waals surface area contributed by atoms with Gasteiger partial charge in [0.15, 0.2) is 5.78 Å². The molecule has 1 amide bonds. The molecule has 0 saturated carbocycles. The molecular weight excluding hydrogens is 390 g/mol. The quantitative estimate of drug-likeness (QED) is 0.699. The average molecular weight is 416 g/mol. The van der Waals surface area contributed by atoms with Crippen LogP contribution in [-0.4, -0.2) is 62.0 Å². The second-order valence-corrected chi connectivity index (χ2v) is 9.04. The Morgan fingerprint density at radius 1 is 0.931 bits per heavy atom. The molecule has 0 aromatic heterocycles. The highest BCUT2D eigenvalue weighted by atomic mass is 32.2. The first-order valence-electron chi connectivity index (χ1n) is 9.49. The van der Waals surface area contributed by atoms with E-state index in [1.165, 1.54) is 11.2 Å². The lowest BCUT2D eigenvalue weighted by atomic mass is 10.1. The van der Waals surface area contributed by atoms with Crippen molar-refractivity contribution in [3.63, 3.8) is 0 Å². The number of ketones is 1. The number of sulfonamides is 1. The van der Waals surface area contributed by atoms with E-state index in [2.05, 4.69) is 5.32 Å². The van der Waals surface area contributed by atoms with Crippen molar-refractivity contribution in [3.8, 4) is 0 Å². The molecule has 1 aliphatic heterocycles. The van der Waals surface area contributed by atoms with Gasteiger partial charge in [-0.2, -0.15) is 4.31 Å². The van der Waals surface area contributed by atoms with Gasteiger partial charge in [-0.25, -0.2) is 8.42 Å². The van der Waals surface area contributed by atoms with Crippen LogP contribution in [0, 0.1) is 0 Å². The predicted octanol–water partition coefficient (Wildman–Crippen LogP) is 1.98. The second-order valence-electron chi connectivity index (χ2n) is 7.07.